The standard InChI is InChI=1S/C23H27FN6O2/c1-14-9-17(5-8-20(14)24)12-25-23(32)21-11-18(10-15(2)26-21)22-27-29-30(28-22)13-16-3-6-19(31)7-4-16/h5,8-11,16,19,31H,3-4,6-7,12-13H2,1-2H3,(H,25,32)/t16-,19-. The van der Waals surface area contributed by atoms with Crippen molar-refractivity contribution in [2.75, 3.05) is 0 Å². The van der Waals surface area contributed by atoms with Crippen LogP contribution in [0.1, 0.15) is 53.0 Å². The fraction of sp³-hybridized carbons (Fsp3) is 0.435. The number of amides is 1. The minimum atomic E-state index is -0.329. The molecule has 1 fully saturated rings. The number of benzene rings is 1. The highest BCUT2D eigenvalue weighted by molar-refractivity contribution is 5.93. The molecule has 3 aromatic rings. The summed E-state index contributed by atoms with van der Waals surface area (Å²) in [5.41, 5.74) is 2.95. The third kappa shape index (κ3) is 5.34. The molecule has 1 saturated carbocycles. The van der Waals surface area contributed by atoms with E-state index in [9.17, 15) is 14.3 Å². The van der Waals surface area contributed by atoms with Gasteiger partial charge in [-0.3, -0.25) is 4.79 Å². The van der Waals surface area contributed by atoms with Crippen molar-refractivity contribution in [2.45, 2.75) is 58.7 Å². The second kappa shape index (κ2) is 9.52. The Bertz CT molecular complexity index is 1110. The van der Waals surface area contributed by atoms with E-state index in [1.165, 1.54) is 6.07 Å². The van der Waals surface area contributed by atoms with Crippen LogP contribution in [0.15, 0.2) is 30.3 Å². The molecule has 0 bridgehead atoms. The van der Waals surface area contributed by atoms with Gasteiger partial charge in [0.05, 0.1) is 12.6 Å². The van der Waals surface area contributed by atoms with E-state index in [4.69, 9.17) is 0 Å². The molecule has 4 rings (SSSR count). The molecule has 0 spiro atoms. The molecule has 2 heterocycles. The van der Waals surface area contributed by atoms with Crippen molar-refractivity contribution < 1.29 is 14.3 Å². The molecule has 8 nitrogen and oxygen atoms in total. The number of nitrogens with one attached hydrogen (secondary N) is 1. The van der Waals surface area contributed by atoms with Crippen molar-refractivity contribution in [3.8, 4) is 11.4 Å². The summed E-state index contributed by atoms with van der Waals surface area (Å²) in [4.78, 5) is 18.6. The van der Waals surface area contributed by atoms with Gasteiger partial charge in [-0.25, -0.2) is 9.37 Å². The molecule has 2 N–H and O–H groups in total. The topological polar surface area (TPSA) is 106 Å². The Morgan fingerprint density at radius 3 is 2.72 bits per heavy atom. The molecule has 1 aromatic carbocycles. The molecule has 168 valence electrons. The highest BCUT2D eigenvalue weighted by Gasteiger charge is 2.21. The highest BCUT2D eigenvalue weighted by Crippen LogP contribution is 2.25. The van der Waals surface area contributed by atoms with Crippen molar-refractivity contribution in [1.82, 2.24) is 30.5 Å². The molecular weight excluding hydrogens is 411 g/mol. The Balaban J connectivity index is 1.43. The van der Waals surface area contributed by atoms with Crippen LogP contribution in [-0.2, 0) is 13.1 Å². The number of hydrogen-bond donors (Lipinski definition) is 2. The maximum Gasteiger partial charge on any atom is 0.270 e. The predicted molar refractivity (Wildman–Crippen MR) is 116 cm³/mol. The maximum absolute atomic E-state index is 13.4. The van der Waals surface area contributed by atoms with E-state index in [0.717, 1.165) is 31.2 Å². The zero-order valence-corrected chi connectivity index (χ0v) is 18.3. The van der Waals surface area contributed by atoms with Gasteiger partial charge in [0.1, 0.15) is 11.5 Å². The van der Waals surface area contributed by atoms with E-state index in [2.05, 4.69) is 25.7 Å². The van der Waals surface area contributed by atoms with Gasteiger partial charge in [0.15, 0.2) is 0 Å². The number of carbonyl (C=O) groups excluding carboxylic acids is 1. The molecular formula is C23H27FN6O2. The lowest BCUT2D eigenvalue weighted by molar-refractivity contribution is 0.0945. The number of aromatic nitrogens is 5. The lowest BCUT2D eigenvalue weighted by Crippen LogP contribution is -2.24. The molecule has 0 atom stereocenters. The number of carbonyl (C=O) groups is 1. The van der Waals surface area contributed by atoms with Gasteiger partial charge in [-0.15, -0.1) is 10.2 Å². The first-order valence-corrected chi connectivity index (χ1v) is 10.9. The van der Waals surface area contributed by atoms with E-state index >= 15 is 0 Å². The summed E-state index contributed by atoms with van der Waals surface area (Å²) >= 11 is 0. The van der Waals surface area contributed by atoms with Crippen molar-refractivity contribution in [1.29, 1.82) is 0 Å². The summed E-state index contributed by atoms with van der Waals surface area (Å²) < 4.78 is 13.4. The average molecular weight is 439 g/mol. The summed E-state index contributed by atoms with van der Waals surface area (Å²) in [6.07, 6.45) is 3.33. The van der Waals surface area contributed by atoms with Crippen molar-refractivity contribution in [3.63, 3.8) is 0 Å². The van der Waals surface area contributed by atoms with E-state index in [1.807, 2.05) is 6.07 Å². The zero-order valence-electron chi connectivity index (χ0n) is 18.3. The van der Waals surface area contributed by atoms with Crippen molar-refractivity contribution >= 4 is 5.91 Å². The van der Waals surface area contributed by atoms with Gasteiger partial charge < -0.3 is 10.4 Å². The van der Waals surface area contributed by atoms with Crippen LogP contribution in [0.5, 0.6) is 0 Å². The molecule has 0 unspecified atom stereocenters. The normalized spacial score (nSPS) is 18.5. The van der Waals surface area contributed by atoms with E-state index in [-0.39, 0.29) is 30.1 Å². The molecule has 1 amide bonds. The molecule has 1 aliphatic rings. The molecule has 0 radical (unpaired) electrons. The number of aliphatic hydroxyl groups is 1. The number of nitrogens with zero attached hydrogens (tertiary/aromatic N) is 5. The first-order chi connectivity index (χ1) is 15.4. The number of rotatable bonds is 6. The molecule has 1 aliphatic carbocycles. The van der Waals surface area contributed by atoms with Gasteiger partial charge in [0.25, 0.3) is 5.91 Å². The van der Waals surface area contributed by atoms with Crippen LogP contribution in [-0.4, -0.2) is 42.3 Å². The smallest absolute Gasteiger partial charge is 0.270 e. The van der Waals surface area contributed by atoms with Gasteiger partial charge in [0, 0.05) is 17.8 Å². The summed E-state index contributed by atoms with van der Waals surface area (Å²) in [5.74, 6) is 0.266. The fourth-order valence-corrected chi connectivity index (χ4v) is 4.00. The third-order valence-corrected chi connectivity index (χ3v) is 5.81. The number of aryl methyl sites for hydroxylation is 2. The molecule has 32 heavy (non-hydrogen) atoms. The first-order valence-electron chi connectivity index (χ1n) is 10.9. The Kier molecular flexibility index (Phi) is 6.55. The van der Waals surface area contributed by atoms with Crippen LogP contribution >= 0.6 is 0 Å². The number of halogens is 1. The number of tetrazole rings is 1. The van der Waals surface area contributed by atoms with Crippen LogP contribution in [0.4, 0.5) is 4.39 Å². The molecule has 9 heteroatoms. The molecule has 0 aliphatic heterocycles. The van der Waals surface area contributed by atoms with E-state index in [0.29, 0.717) is 35.1 Å². The number of hydrogen-bond acceptors (Lipinski definition) is 6. The summed E-state index contributed by atoms with van der Waals surface area (Å²) in [7, 11) is 0. The minimum absolute atomic E-state index is 0.193. The number of pyridine rings is 1. The van der Waals surface area contributed by atoms with Crippen molar-refractivity contribution in [3.05, 3.63) is 58.7 Å². The van der Waals surface area contributed by atoms with Crippen LogP contribution in [0.25, 0.3) is 11.4 Å². The van der Waals surface area contributed by atoms with Gasteiger partial charge in [-0.05, 0) is 80.0 Å². The lowest BCUT2D eigenvalue weighted by atomic mass is 9.88. The Hall–Kier alpha value is -3.20. The lowest BCUT2D eigenvalue weighted by Gasteiger charge is -2.24. The molecule has 0 saturated heterocycles. The van der Waals surface area contributed by atoms with E-state index < -0.39 is 0 Å². The summed E-state index contributed by atoms with van der Waals surface area (Å²) in [5, 5.41) is 25.3. The van der Waals surface area contributed by atoms with Crippen LogP contribution < -0.4 is 5.32 Å². The van der Waals surface area contributed by atoms with E-state index in [1.54, 1.807) is 36.8 Å². The number of aliphatic hydroxyl groups excluding tert-OH is 1. The Morgan fingerprint density at radius 1 is 1.19 bits per heavy atom. The third-order valence-electron chi connectivity index (χ3n) is 5.81. The summed E-state index contributed by atoms with van der Waals surface area (Å²) in [6, 6.07) is 8.21. The zero-order chi connectivity index (χ0) is 22.7. The van der Waals surface area contributed by atoms with Crippen LogP contribution in [0.2, 0.25) is 0 Å². The van der Waals surface area contributed by atoms with Gasteiger partial charge in [-0.1, -0.05) is 12.1 Å². The average Bonchev–Trinajstić information content (AvgIpc) is 3.24. The van der Waals surface area contributed by atoms with Gasteiger partial charge >= 0.3 is 0 Å². The van der Waals surface area contributed by atoms with Crippen LogP contribution in [0.3, 0.4) is 0 Å². The van der Waals surface area contributed by atoms with Gasteiger partial charge in [-0.2, -0.15) is 4.80 Å². The minimum Gasteiger partial charge on any atom is -0.393 e. The SMILES string of the molecule is Cc1cc(-c2nnn(C[C@H]3CC[C@H](O)CC3)n2)cc(C(=O)NCc2ccc(F)c(C)c2)n1. The molecule has 2 aromatic heterocycles. The predicted octanol–water partition coefficient (Wildman–Crippen LogP) is 2.97. The first kappa shape index (κ1) is 22.0. The quantitative estimate of drug-likeness (QED) is 0.613. The monoisotopic (exact) mass is 438 g/mol. The summed E-state index contributed by atoms with van der Waals surface area (Å²) in [6.45, 7) is 4.43. The second-order valence-corrected chi connectivity index (χ2v) is 8.49. The fourth-order valence-electron chi connectivity index (χ4n) is 4.00. The van der Waals surface area contributed by atoms with Crippen LogP contribution in [0, 0.1) is 25.6 Å². The second-order valence-electron chi connectivity index (χ2n) is 8.49. The largest absolute Gasteiger partial charge is 0.393 e. The van der Waals surface area contributed by atoms with Crippen molar-refractivity contribution in [2.24, 2.45) is 5.92 Å². The maximum atomic E-state index is 13.4. The Morgan fingerprint density at radius 2 is 1.97 bits per heavy atom. The highest BCUT2D eigenvalue weighted by atomic mass is 19.1. The Labute approximate surface area is 185 Å². The van der Waals surface area contributed by atoms with Gasteiger partial charge in [0.2, 0.25) is 5.82 Å².